The zero-order valence-corrected chi connectivity index (χ0v) is 13.7. The van der Waals surface area contributed by atoms with Gasteiger partial charge in [-0.25, -0.2) is 4.98 Å². The second kappa shape index (κ2) is 6.41. The predicted octanol–water partition coefficient (Wildman–Crippen LogP) is 3.49. The molecule has 110 valence electrons. The third-order valence-electron chi connectivity index (χ3n) is 3.07. The minimum atomic E-state index is 0.490. The van der Waals surface area contributed by atoms with Gasteiger partial charge in [-0.1, -0.05) is 13.8 Å². The van der Waals surface area contributed by atoms with E-state index in [1.807, 2.05) is 19.1 Å². The maximum absolute atomic E-state index is 5.61. The first kappa shape index (κ1) is 15.1. The maximum Gasteiger partial charge on any atom is 0.185 e. The molecule has 2 aromatic rings. The summed E-state index contributed by atoms with van der Waals surface area (Å²) in [7, 11) is 2.05. The van der Waals surface area contributed by atoms with E-state index in [1.165, 1.54) is 4.88 Å². The van der Waals surface area contributed by atoms with Crippen molar-refractivity contribution in [3.05, 3.63) is 34.2 Å². The van der Waals surface area contributed by atoms with Crippen LogP contribution in [0.5, 0.6) is 0 Å². The highest BCUT2D eigenvalue weighted by Crippen LogP contribution is 2.26. The van der Waals surface area contributed by atoms with Crippen LogP contribution in [0, 0.1) is 13.8 Å². The monoisotopic (exact) mass is 293 g/mol. The van der Waals surface area contributed by atoms with Crippen molar-refractivity contribution in [3.63, 3.8) is 0 Å². The Morgan fingerprint density at radius 2 is 2.10 bits per heavy atom. The van der Waals surface area contributed by atoms with E-state index in [2.05, 4.69) is 43.0 Å². The molecule has 0 aliphatic carbocycles. The molecule has 0 saturated heterocycles. The van der Waals surface area contributed by atoms with Crippen LogP contribution in [0.25, 0.3) is 0 Å². The average Bonchev–Trinajstić information content (AvgIpc) is 2.93. The molecule has 0 radical (unpaired) electrons. The third kappa shape index (κ3) is 3.84. The van der Waals surface area contributed by atoms with Gasteiger partial charge in [-0.3, -0.25) is 0 Å². The minimum Gasteiger partial charge on any atom is -0.464 e. The van der Waals surface area contributed by atoms with Gasteiger partial charge >= 0.3 is 0 Å². The van der Waals surface area contributed by atoms with Crippen LogP contribution in [0.4, 0.5) is 5.13 Å². The molecular weight excluding hydrogens is 270 g/mol. The van der Waals surface area contributed by atoms with Crippen molar-refractivity contribution in [1.29, 1.82) is 0 Å². The lowest BCUT2D eigenvalue weighted by atomic mass is 10.3. The average molecular weight is 293 g/mol. The van der Waals surface area contributed by atoms with E-state index < -0.39 is 0 Å². The minimum absolute atomic E-state index is 0.490. The lowest BCUT2D eigenvalue weighted by Gasteiger charge is -2.13. The van der Waals surface area contributed by atoms with Crippen LogP contribution in [0.15, 0.2) is 16.5 Å². The summed E-state index contributed by atoms with van der Waals surface area (Å²) in [6.45, 7) is 9.98. The number of hydrogen-bond acceptors (Lipinski definition) is 5. The Morgan fingerprint density at radius 1 is 1.35 bits per heavy atom. The molecule has 0 spiro atoms. The van der Waals surface area contributed by atoms with Gasteiger partial charge in [0.2, 0.25) is 0 Å². The van der Waals surface area contributed by atoms with Crippen LogP contribution in [-0.2, 0) is 13.1 Å². The highest BCUT2D eigenvalue weighted by atomic mass is 32.1. The number of furan rings is 1. The fourth-order valence-electron chi connectivity index (χ4n) is 1.91. The number of aryl methyl sites for hydroxylation is 2. The number of rotatable bonds is 6. The first-order valence-corrected chi connectivity index (χ1v) is 7.73. The Balaban J connectivity index is 2.03. The summed E-state index contributed by atoms with van der Waals surface area (Å²) in [5.74, 6) is 1.92. The predicted molar refractivity (Wildman–Crippen MR) is 84.4 cm³/mol. The van der Waals surface area contributed by atoms with Gasteiger partial charge in [0, 0.05) is 24.5 Å². The van der Waals surface area contributed by atoms with Gasteiger partial charge in [-0.2, -0.15) is 0 Å². The summed E-state index contributed by atoms with van der Waals surface area (Å²) >= 11 is 1.75. The van der Waals surface area contributed by atoms with Gasteiger partial charge in [-0.05, 0) is 26.0 Å². The number of nitrogens with zero attached hydrogens (tertiary/aromatic N) is 2. The number of nitrogens with one attached hydrogen (secondary N) is 1. The molecule has 0 aliphatic rings. The molecule has 4 nitrogen and oxygen atoms in total. The molecule has 1 N–H and O–H groups in total. The number of anilines is 1. The van der Waals surface area contributed by atoms with Crippen molar-refractivity contribution < 1.29 is 4.42 Å². The maximum atomic E-state index is 5.61. The lowest BCUT2D eigenvalue weighted by molar-refractivity contribution is 0.481. The molecule has 5 heteroatoms. The Hall–Kier alpha value is -1.33. The number of thiazole rings is 1. The van der Waals surface area contributed by atoms with Crippen molar-refractivity contribution in [3.8, 4) is 0 Å². The summed E-state index contributed by atoms with van der Waals surface area (Å²) in [6.07, 6.45) is 0. The highest BCUT2D eigenvalue weighted by Gasteiger charge is 2.13. The molecule has 0 aliphatic heterocycles. The van der Waals surface area contributed by atoms with Gasteiger partial charge in [0.25, 0.3) is 0 Å². The van der Waals surface area contributed by atoms with Crippen molar-refractivity contribution in [2.45, 2.75) is 46.8 Å². The molecule has 0 amide bonds. The molecule has 2 aromatic heterocycles. The van der Waals surface area contributed by atoms with Gasteiger partial charge in [0.05, 0.1) is 12.2 Å². The smallest absolute Gasteiger partial charge is 0.185 e. The molecule has 0 unspecified atom stereocenters. The highest BCUT2D eigenvalue weighted by molar-refractivity contribution is 7.15. The van der Waals surface area contributed by atoms with Gasteiger partial charge in [0.15, 0.2) is 5.13 Å². The summed E-state index contributed by atoms with van der Waals surface area (Å²) in [6, 6.07) is 4.51. The Kier molecular flexibility index (Phi) is 4.83. The van der Waals surface area contributed by atoms with E-state index >= 15 is 0 Å². The normalized spacial score (nSPS) is 11.3. The summed E-state index contributed by atoms with van der Waals surface area (Å²) in [5.41, 5.74) is 1.11. The molecule has 0 fully saturated rings. The second-order valence-corrected chi connectivity index (χ2v) is 6.47. The van der Waals surface area contributed by atoms with Crippen LogP contribution < -0.4 is 10.2 Å². The Bertz CT molecular complexity index is 559. The topological polar surface area (TPSA) is 41.3 Å². The fraction of sp³-hybridized carbons (Fsp3) is 0.533. The Labute approximate surface area is 124 Å². The second-order valence-electron chi connectivity index (χ2n) is 5.41. The largest absolute Gasteiger partial charge is 0.464 e. The van der Waals surface area contributed by atoms with E-state index in [0.29, 0.717) is 6.04 Å². The standard InChI is InChI=1S/C15H23N3OS/c1-10(2)16-8-14-12(4)17-15(20-14)18(5)9-13-7-6-11(3)19-13/h6-7,10,16H,8-9H2,1-5H3. The summed E-state index contributed by atoms with van der Waals surface area (Å²) in [5, 5.41) is 4.48. The molecule has 0 atom stereocenters. The lowest BCUT2D eigenvalue weighted by Crippen LogP contribution is -2.21. The molecule has 0 aromatic carbocycles. The molecule has 2 heterocycles. The molecule has 2 rings (SSSR count). The first-order valence-electron chi connectivity index (χ1n) is 6.92. The van der Waals surface area contributed by atoms with Gasteiger partial charge in [0.1, 0.15) is 11.5 Å². The van der Waals surface area contributed by atoms with Gasteiger partial charge in [-0.15, -0.1) is 11.3 Å². The van der Waals surface area contributed by atoms with E-state index in [9.17, 15) is 0 Å². The third-order valence-corrected chi connectivity index (χ3v) is 4.34. The number of aromatic nitrogens is 1. The van der Waals surface area contributed by atoms with Crippen molar-refractivity contribution >= 4 is 16.5 Å². The zero-order valence-electron chi connectivity index (χ0n) is 12.9. The Morgan fingerprint density at radius 3 is 2.70 bits per heavy atom. The van der Waals surface area contributed by atoms with E-state index in [-0.39, 0.29) is 0 Å². The zero-order chi connectivity index (χ0) is 14.7. The first-order chi connectivity index (χ1) is 9.45. The fourth-order valence-corrected chi connectivity index (χ4v) is 2.88. The van der Waals surface area contributed by atoms with Crippen LogP contribution >= 0.6 is 11.3 Å². The molecule has 20 heavy (non-hydrogen) atoms. The van der Waals surface area contributed by atoms with Crippen LogP contribution in [0.1, 0.15) is 35.9 Å². The summed E-state index contributed by atoms with van der Waals surface area (Å²) in [4.78, 5) is 8.09. The van der Waals surface area contributed by atoms with Gasteiger partial charge < -0.3 is 14.6 Å². The number of hydrogen-bond donors (Lipinski definition) is 1. The molecular formula is C15H23N3OS. The van der Waals surface area contributed by atoms with Crippen LogP contribution in [0.2, 0.25) is 0 Å². The quantitative estimate of drug-likeness (QED) is 0.885. The van der Waals surface area contributed by atoms with E-state index in [4.69, 9.17) is 4.42 Å². The van der Waals surface area contributed by atoms with Crippen molar-refractivity contribution in [1.82, 2.24) is 10.3 Å². The SMILES string of the molecule is Cc1ccc(CN(C)c2nc(C)c(CNC(C)C)s2)o1. The molecule has 0 saturated carbocycles. The van der Waals surface area contributed by atoms with Crippen LogP contribution in [-0.4, -0.2) is 18.1 Å². The van der Waals surface area contributed by atoms with Crippen molar-refractivity contribution in [2.75, 3.05) is 11.9 Å². The van der Waals surface area contributed by atoms with Crippen molar-refractivity contribution in [2.24, 2.45) is 0 Å². The van der Waals surface area contributed by atoms with E-state index in [0.717, 1.165) is 35.4 Å². The summed E-state index contributed by atoms with van der Waals surface area (Å²) < 4.78 is 5.61. The van der Waals surface area contributed by atoms with Crippen LogP contribution in [0.3, 0.4) is 0 Å². The van der Waals surface area contributed by atoms with E-state index in [1.54, 1.807) is 11.3 Å². The molecule has 0 bridgehead atoms.